The summed E-state index contributed by atoms with van der Waals surface area (Å²) in [6.07, 6.45) is 1.62. The van der Waals surface area contributed by atoms with Gasteiger partial charge in [-0.1, -0.05) is 6.07 Å². The standard InChI is InChI=1S/C21H26NO10PS/c1-28-15-10-19(30-3)16(20(11-15)31-4)7-8-34(27)13-14-5-6-18(29-2)17(9-14)22-21(23)12-32-33(24,25)26/h5-11H,12-13H2,1-4H3,(H,22,23)(H2,24,25,26)/b8-7+. The zero-order valence-corrected chi connectivity index (χ0v) is 20.7. The largest absolute Gasteiger partial charge is 0.496 e. The molecule has 2 rings (SSSR count). The van der Waals surface area contributed by atoms with Crippen molar-refractivity contribution in [2.24, 2.45) is 0 Å². The summed E-state index contributed by atoms with van der Waals surface area (Å²) >= 11 is 0. The summed E-state index contributed by atoms with van der Waals surface area (Å²) < 4.78 is 48.8. The number of methoxy groups -OCH3 is 4. The predicted molar refractivity (Wildman–Crippen MR) is 127 cm³/mol. The van der Waals surface area contributed by atoms with Crippen molar-refractivity contribution in [3.05, 3.63) is 46.9 Å². The molecule has 0 bridgehead atoms. The van der Waals surface area contributed by atoms with Crippen LogP contribution in [0.4, 0.5) is 5.69 Å². The number of carbonyl (C=O) groups is 1. The Kier molecular flexibility index (Phi) is 10.1. The smallest absolute Gasteiger partial charge is 0.470 e. The molecule has 0 saturated heterocycles. The summed E-state index contributed by atoms with van der Waals surface area (Å²) in [6.45, 7) is -0.849. The Morgan fingerprint density at radius 1 is 1.00 bits per heavy atom. The first-order chi connectivity index (χ1) is 16.1. The summed E-state index contributed by atoms with van der Waals surface area (Å²) in [5.74, 6) is 1.14. The highest BCUT2D eigenvalue weighted by Crippen LogP contribution is 2.36. The van der Waals surface area contributed by atoms with Crippen molar-refractivity contribution in [1.82, 2.24) is 0 Å². The van der Waals surface area contributed by atoms with Crippen LogP contribution in [-0.2, 0) is 30.4 Å². The maximum absolute atomic E-state index is 12.7. The molecule has 0 aliphatic carbocycles. The lowest BCUT2D eigenvalue weighted by Gasteiger charge is -2.13. The molecule has 0 heterocycles. The van der Waals surface area contributed by atoms with E-state index in [2.05, 4.69) is 9.84 Å². The van der Waals surface area contributed by atoms with Gasteiger partial charge in [-0.2, -0.15) is 0 Å². The lowest BCUT2D eigenvalue weighted by Crippen LogP contribution is -2.18. The van der Waals surface area contributed by atoms with Crippen LogP contribution in [0, 0.1) is 0 Å². The molecular weight excluding hydrogens is 489 g/mol. The zero-order chi connectivity index (χ0) is 25.3. The maximum atomic E-state index is 12.7. The van der Waals surface area contributed by atoms with Crippen molar-refractivity contribution in [2.45, 2.75) is 5.75 Å². The summed E-state index contributed by atoms with van der Waals surface area (Å²) in [7, 11) is -0.314. The molecule has 2 aromatic carbocycles. The van der Waals surface area contributed by atoms with Gasteiger partial charge in [0.25, 0.3) is 5.91 Å². The van der Waals surface area contributed by atoms with Gasteiger partial charge in [0.15, 0.2) is 0 Å². The molecule has 0 spiro atoms. The van der Waals surface area contributed by atoms with Gasteiger partial charge in [-0.05, 0) is 23.8 Å². The number of amides is 1. The SMILES string of the molecule is COc1cc(OC)c(/C=C/S(=O)Cc2ccc(OC)c(NC(=O)COP(=O)(O)O)c2)c(OC)c1. The van der Waals surface area contributed by atoms with Gasteiger partial charge in [-0.25, -0.2) is 4.57 Å². The number of ether oxygens (including phenoxy) is 4. The third-order valence-corrected chi connectivity index (χ3v) is 5.87. The van der Waals surface area contributed by atoms with Gasteiger partial charge in [-0.15, -0.1) is 0 Å². The van der Waals surface area contributed by atoms with E-state index in [1.54, 1.807) is 36.4 Å². The molecule has 0 aliphatic heterocycles. The minimum Gasteiger partial charge on any atom is -0.496 e. The Labute approximate surface area is 199 Å². The topological polar surface area (TPSA) is 150 Å². The van der Waals surface area contributed by atoms with Crippen LogP contribution in [0.15, 0.2) is 35.7 Å². The van der Waals surface area contributed by atoms with Gasteiger partial charge in [0.05, 0.1) is 56.2 Å². The van der Waals surface area contributed by atoms with Crippen LogP contribution >= 0.6 is 7.82 Å². The quantitative estimate of drug-likeness (QED) is 0.360. The van der Waals surface area contributed by atoms with Crippen LogP contribution in [-0.4, -0.2) is 54.9 Å². The van der Waals surface area contributed by atoms with E-state index in [0.717, 1.165) is 0 Å². The third kappa shape index (κ3) is 8.15. The molecule has 186 valence electrons. The molecule has 13 heteroatoms. The molecular formula is C21H26NO10PS. The van der Waals surface area contributed by atoms with Crippen molar-refractivity contribution in [3.63, 3.8) is 0 Å². The highest BCUT2D eigenvalue weighted by atomic mass is 32.2. The van der Waals surface area contributed by atoms with E-state index in [1.807, 2.05) is 0 Å². The first-order valence-corrected chi connectivity index (χ1v) is 12.5. The van der Waals surface area contributed by atoms with E-state index in [4.69, 9.17) is 28.7 Å². The molecule has 0 fully saturated rings. The highest BCUT2D eigenvalue weighted by molar-refractivity contribution is 7.87. The number of nitrogens with one attached hydrogen (secondary N) is 1. The fourth-order valence-electron chi connectivity index (χ4n) is 2.82. The molecule has 3 N–H and O–H groups in total. The molecule has 1 atom stereocenters. The fraction of sp³-hybridized carbons (Fsp3) is 0.286. The van der Waals surface area contributed by atoms with Crippen molar-refractivity contribution < 1.29 is 46.8 Å². The monoisotopic (exact) mass is 515 g/mol. The van der Waals surface area contributed by atoms with Crippen molar-refractivity contribution in [1.29, 1.82) is 0 Å². The minimum atomic E-state index is -4.79. The summed E-state index contributed by atoms with van der Waals surface area (Å²) in [4.78, 5) is 29.4. The molecule has 0 aromatic heterocycles. The number of hydrogen-bond donors (Lipinski definition) is 3. The summed E-state index contributed by atoms with van der Waals surface area (Å²) in [5.41, 5.74) is 1.44. The second kappa shape index (κ2) is 12.5. The van der Waals surface area contributed by atoms with E-state index < -0.39 is 31.1 Å². The number of anilines is 1. The number of phosphoric acid groups is 1. The summed E-state index contributed by atoms with van der Waals surface area (Å²) in [5, 5.41) is 3.94. The maximum Gasteiger partial charge on any atom is 0.470 e. The third-order valence-electron chi connectivity index (χ3n) is 4.35. The number of phosphoric ester groups is 1. The Morgan fingerprint density at radius 3 is 2.15 bits per heavy atom. The first kappa shape index (κ1) is 27.4. The van der Waals surface area contributed by atoms with Gasteiger partial charge in [0.1, 0.15) is 29.6 Å². The van der Waals surface area contributed by atoms with Crippen molar-refractivity contribution in [3.8, 4) is 23.0 Å². The van der Waals surface area contributed by atoms with Gasteiger partial charge < -0.3 is 34.1 Å². The lowest BCUT2D eigenvalue weighted by atomic mass is 10.1. The minimum absolute atomic E-state index is 0.114. The van der Waals surface area contributed by atoms with Crippen molar-refractivity contribution >= 4 is 36.3 Å². The van der Waals surface area contributed by atoms with Crippen LogP contribution in [0.1, 0.15) is 11.1 Å². The summed E-state index contributed by atoms with van der Waals surface area (Å²) in [6, 6.07) is 8.17. The zero-order valence-electron chi connectivity index (χ0n) is 19.0. The van der Waals surface area contributed by atoms with E-state index in [0.29, 0.717) is 34.1 Å². The molecule has 34 heavy (non-hydrogen) atoms. The molecule has 0 radical (unpaired) electrons. The number of benzene rings is 2. The van der Waals surface area contributed by atoms with Crippen LogP contribution in [0.3, 0.4) is 0 Å². The molecule has 0 aliphatic rings. The number of carbonyl (C=O) groups excluding carboxylic acids is 1. The Balaban J connectivity index is 2.17. The van der Waals surface area contributed by atoms with E-state index in [1.165, 1.54) is 33.8 Å². The first-order valence-electron chi connectivity index (χ1n) is 9.62. The average Bonchev–Trinajstić information content (AvgIpc) is 2.80. The van der Waals surface area contributed by atoms with E-state index in [9.17, 15) is 13.6 Å². The van der Waals surface area contributed by atoms with E-state index >= 15 is 0 Å². The molecule has 1 unspecified atom stereocenters. The normalized spacial score (nSPS) is 12.3. The lowest BCUT2D eigenvalue weighted by molar-refractivity contribution is -0.118. The van der Waals surface area contributed by atoms with Crippen molar-refractivity contribution in [2.75, 3.05) is 40.4 Å². The second-order valence-corrected chi connectivity index (χ2v) is 9.18. The Hall–Kier alpha value is -2.89. The average molecular weight is 515 g/mol. The number of rotatable bonds is 12. The predicted octanol–water partition coefficient (Wildman–Crippen LogP) is 2.69. The van der Waals surface area contributed by atoms with Crippen LogP contribution < -0.4 is 24.3 Å². The Morgan fingerprint density at radius 2 is 1.62 bits per heavy atom. The van der Waals surface area contributed by atoms with E-state index in [-0.39, 0.29) is 11.4 Å². The van der Waals surface area contributed by atoms with Gasteiger partial charge >= 0.3 is 7.82 Å². The van der Waals surface area contributed by atoms with Gasteiger partial charge in [0.2, 0.25) is 0 Å². The van der Waals surface area contributed by atoms with Crippen LogP contribution in [0.25, 0.3) is 6.08 Å². The molecule has 0 saturated carbocycles. The molecule has 1 amide bonds. The Bertz CT molecular complexity index is 1090. The number of hydrogen-bond acceptors (Lipinski definition) is 8. The highest BCUT2D eigenvalue weighted by Gasteiger charge is 2.17. The van der Waals surface area contributed by atoms with Gasteiger partial charge in [0, 0.05) is 17.5 Å². The molecule has 11 nitrogen and oxygen atoms in total. The van der Waals surface area contributed by atoms with Gasteiger partial charge in [-0.3, -0.25) is 13.5 Å². The fourth-order valence-corrected chi connectivity index (χ4v) is 4.00. The van der Waals surface area contributed by atoms with Crippen LogP contribution in [0.5, 0.6) is 23.0 Å². The van der Waals surface area contributed by atoms with Crippen LogP contribution in [0.2, 0.25) is 0 Å². The second-order valence-electron chi connectivity index (χ2n) is 6.62. The molecule has 2 aromatic rings.